The second kappa shape index (κ2) is 8.08. The van der Waals surface area contributed by atoms with E-state index in [2.05, 4.69) is 47.6 Å². The summed E-state index contributed by atoms with van der Waals surface area (Å²) in [7, 11) is 0. The van der Waals surface area contributed by atoms with E-state index in [1.165, 1.54) is 12.5 Å². The van der Waals surface area contributed by atoms with Gasteiger partial charge in [0.25, 0.3) is 0 Å². The van der Waals surface area contributed by atoms with Gasteiger partial charge in [0.05, 0.1) is 18.8 Å². The molecule has 7 rings (SSSR count). The van der Waals surface area contributed by atoms with Crippen molar-refractivity contribution in [1.82, 2.24) is 0 Å². The lowest BCUT2D eigenvalue weighted by molar-refractivity contribution is -0.395. The van der Waals surface area contributed by atoms with Crippen molar-refractivity contribution in [2.75, 3.05) is 13.2 Å². The quantitative estimate of drug-likeness (QED) is 0.349. The average molecular weight is 531 g/mol. The zero-order chi connectivity index (χ0) is 27.7. The van der Waals surface area contributed by atoms with Gasteiger partial charge in [-0.15, -0.1) is 0 Å². The molecule has 38 heavy (non-hydrogen) atoms. The SMILES string of the molecule is CC(=O)OC[C@@]12CC[C@]3(C)C(=CC[C@@H]4[C@]56CC[C@@](O)(OC5)C(C)(C)C6CC[C@]43C)[C@@H]1[C@@H](C)[C@H](C)[C@@H](O)[C@H]2O. The van der Waals surface area contributed by atoms with E-state index in [0.717, 1.165) is 38.5 Å². The molecular formula is C32H50O6. The van der Waals surface area contributed by atoms with Crippen molar-refractivity contribution >= 4 is 5.97 Å². The van der Waals surface area contributed by atoms with Crippen LogP contribution in [0.4, 0.5) is 0 Å². The van der Waals surface area contributed by atoms with Crippen LogP contribution in [0.3, 0.4) is 0 Å². The summed E-state index contributed by atoms with van der Waals surface area (Å²) in [6.45, 7) is 16.0. The number of carbonyl (C=O) groups excluding carboxylic acids is 1. The Bertz CT molecular complexity index is 1040. The lowest BCUT2D eigenvalue weighted by Crippen LogP contribution is -2.73. The Morgan fingerprint density at radius 2 is 1.74 bits per heavy atom. The number of aliphatic hydroxyl groups is 3. The standard InChI is InChI=1S/C32H50O6/c1-18-19(2)25(34)26(35)31(16-37-20(3)33)13-12-28(6)21(24(18)31)8-9-23-29(28,7)11-10-22-27(4,5)32(36)15-14-30(22,23)17-38-32/h8,18-19,22-26,34-36H,9-17H2,1-7H3/t18-,19-,22?,23-,24-,25+,26+,28+,29+,30+,31-,32+/m0/s1. The van der Waals surface area contributed by atoms with Crippen LogP contribution in [0.25, 0.3) is 0 Å². The van der Waals surface area contributed by atoms with E-state index < -0.39 is 23.4 Å². The van der Waals surface area contributed by atoms with Crippen LogP contribution in [0.2, 0.25) is 0 Å². The Morgan fingerprint density at radius 1 is 1.03 bits per heavy atom. The Hall–Kier alpha value is -0.950. The normalized spacial score (nSPS) is 56.6. The summed E-state index contributed by atoms with van der Waals surface area (Å²) in [6, 6.07) is 0. The highest BCUT2D eigenvalue weighted by Crippen LogP contribution is 2.77. The van der Waals surface area contributed by atoms with Crippen molar-refractivity contribution in [2.45, 2.75) is 111 Å². The first-order chi connectivity index (χ1) is 17.6. The van der Waals surface area contributed by atoms with Gasteiger partial charge >= 0.3 is 5.97 Å². The molecule has 1 spiro atoms. The molecule has 0 aromatic rings. The maximum atomic E-state index is 11.9. The minimum Gasteiger partial charge on any atom is -0.465 e. The molecular weight excluding hydrogens is 480 g/mol. The summed E-state index contributed by atoms with van der Waals surface area (Å²) in [5.74, 6) is -0.274. The highest BCUT2D eigenvalue weighted by atomic mass is 16.6. The van der Waals surface area contributed by atoms with Crippen molar-refractivity contribution in [3.05, 3.63) is 11.6 Å². The minimum atomic E-state index is -1.02. The summed E-state index contributed by atoms with van der Waals surface area (Å²) in [6.07, 6.45) is 7.33. The summed E-state index contributed by atoms with van der Waals surface area (Å²) in [4.78, 5) is 11.9. The van der Waals surface area contributed by atoms with Gasteiger partial charge in [0.1, 0.15) is 6.61 Å². The van der Waals surface area contributed by atoms with Crippen LogP contribution in [0.5, 0.6) is 0 Å². The second-order valence-electron chi connectivity index (χ2n) is 15.5. The van der Waals surface area contributed by atoms with Crippen LogP contribution < -0.4 is 0 Å². The first kappa shape index (κ1) is 27.2. The largest absolute Gasteiger partial charge is 0.465 e. The van der Waals surface area contributed by atoms with Crippen LogP contribution in [0, 0.1) is 56.7 Å². The lowest BCUT2D eigenvalue weighted by atomic mass is 9.32. The molecule has 2 bridgehead atoms. The number of carbonyl (C=O) groups is 1. The molecule has 214 valence electrons. The van der Waals surface area contributed by atoms with E-state index in [0.29, 0.717) is 24.9 Å². The van der Waals surface area contributed by atoms with Gasteiger partial charge in [-0.3, -0.25) is 4.79 Å². The summed E-state index contributed by atoms with van der Waals surface area (Å²) in [5.41, 5.74) is 0.577. The Morgan fingerprint density at radius 3 is 2.37 bits per heavy atom. The Labute approximate surface area is 228 Å². The van der Waals surface area contributed by atoms with E-state index in [4.69, 9.17) is 9.47 Å². The number of aliphatic hydroxyl groups excluding tert-OH is 2. The number of hydrogen-bond acceptors (Lipinski definition) is 6. The Balaban J connectivity index is 1.45. The molecule has 7 aliphatic rings. The first-order valence-electron chi connectivity index (χ1n) is 15.2. The third kappa shape index (κ3) is 2.97. The minimum absolute atomic E-state index is 0.0490. The highest BCUT2D eigenvalue weighted by molar-refractivity contribution is 5.66. The average Bonchev–Trinajstić information content (AvgIpc) is 2.86. The molecule has 0 aromatic carbocycles. The zero-order valence-corrected chi connectivity index (χ0v) is 24.5. The van der Waals surface area contributed by atoms with Crippen LogP contribution in [0.1, 0.15) is 93.4 Å². The molecule has 1 unspecified atom stereocenters. The number of allylic oxidation sites excluding steroid dienone is 2. The molecule has 3 N–H and O–H groups in total. The fourth-order valence-corrected chi connectivity index (χ4v) is 11.7. The molecule has 2 saturated heterocycles. The molecule has 0 aromatic heterocycles. The lowest BCUT2D eigenvalue weighted by Gasteiger charge is -2.75. The fourth-order valence-electron chi connectivity index (χ4n) is 11.7. The maximum Gasteiger partial charge on any atom is 0.302 e. The van der Waals surface area contributed by atoms with Crippen LogP contribution in [-0.4, -0.2) is 52.5 Å². The maximum absolute atomic E-state index is 11.9. The Kier molecular flexibility index (Phi) is 5.79. The van der Waals surface area contributed by atoms with Crippen molar-refractivity contribution in [2.24, 2.45) is 56.7 Å². The van der Waals surface area contributed by atoms with Gasteiger partial charge in [-0.1, -0.05) is 53.2 Å². The molecule has 5 aliphatic carbocycles. The van der Waals surface area contributed by atoms with E-state index >= 15 is 0 Å². The molecule has 6 fully saturated rings. The number of rotatable bonds is 2. The number of hydrogen-bond donors (Lipinski definition) is 3. The fraction of sp³-hybridized carbons (Fsp3) is 0.906. The van der Waals surface area contributed by atoms with Crippen molar-refractivity contribution < 1.29 is 29.6 Å². The molecule has 0 radical (unpaired) electrons. The van der Waals surface area contributed by atoms with Crippen molar-refractivity contribution in [1.29, 1.82) is 0 Å². The smallest absolute Gasteiger partial charge is 0.302 e. The van der Waals surface area contributed by atoms with Crippen LogP contribution in [0.15, 0.2) is 11.6 Å². The van der Waals surface area contributed by atoms with Gasteiger partial charge < -0.3 is 24.8 Å². The summed E-state index contributed by atoms with van der Waals surface area (Å²) >= 11 is 0. The van der Waals surface area contributed by atoms with Gasteiger partial charge in [-0.2, -0.15) is 0 Å². The number of fused-ring (bicyclic) bond motifs is 7. The third-order valence-corrected chi connectivity index (χ3v) is 14.4. The third-order valence-electron chi connectivity index (χ3n) is 14.4. The summed E-state index contributed by atoms with van der Waals surface area (Å²) < 4.78 is 12.0. The van der Waals surface area contributed by atoms with E-state index in [1.54, 1.807) is 0 Å². The molecule has 2 aliphatic heterocycles. The molecule has 6 nitrogen and oxygen atoms in total. The first-order valence-corrected chi connectivity index (χ1v) is 15.2. The van der Waals surface area contributed by atoms with E-state index in [1.807, 2.05) is 0 Å². The molecule has 4 saturated carbocycles. The second-order valence-corrected chi connectivity index (χ2v) is 15.5. The van der Waals surface area contributed by atoms with Crippen molar-refractivity contribution in [3.63, 3.8) is 0 Å². The van der Waals surface area contributed by atoms with Crippen LogP contribution >= 0.6 is 0 Å². The monoisotopic (exact) mass is 530 g/mol. The zero-order valence-electron chi connectivity index (χ0n) is 24.5. The predicted molar refractivity (Wildman–Crippen MR) is 144 cm³/mol. The van der Waals surface area contributed by atoms with E-state index in [9.17, 15) is 20.1 Å². The molecule has 2 heterocycles. The van der Waals surface area contributed by atoms with E-state index in [-0.39, 0.29) is 52.0 Å². The topological polar surface area (TPSA) is 96.2 Å². The van der Waals surface area contributed by atoms with Gasteiger partial charge in [-0.05, 0) is 78.9 Å². The van der Waals surface area contributed by atoms with Gasteiger partial charge in [0.2, 0.25) is 0 Å². The van der Waals surface area contributed by atoms with Gasteiger partial charge in [0.15, 0.2) is 5.79 Å². The predicted octanol–water partition coefficient (Wildman–Crippen LogP) is 4.85. The molecule has 6 heteroatoms. The summed E-state index contributed by atoms with van der Waals surface area (Å²) in [5, 5.41) is 34.1. The molecule has 0 amide bonds. The van der Waals surface area contributed by atoms with Crippen LogP contribution in [-0.2, 0) is 14.3 Å². The highest BCUT2D eigenvalue weighted by Gasteiger charge is 2.74. The van der Waals surface area contributed by atoms with Gasteiger partial charge in [-0.25, -0.2) is 0 Å². The van der Waals surface area contributed by atoms with Gasteiger partial charge in [0, 0.05) is 29.6 Å². The number of esters is 1. The molecule has 12 atom stereocenters. The van der Waals surface area contributed by atoms with Crippen molar-refractivity contribution in [3.8, 4) is 0 Å². The number of ether oxygens (including phenoxy) is 2.